The summed E-state index contributed by atoms with van der Waals surface area (Å²) in [7, 11) is 1.59. The van der Waals surface area contributed by atoms with E-state index in [1.807, 2.05) is 61.5 Å². The van der Waals surface area contributed by atoms with Gasteiger partial charge in [0, 0.05) is 27.8 Å². The number of hydrogen-bond donors (Lipinski definition) is 1. The molecule has 0 aliphatic rings. The summed E-state index contributed by atoms with van der Waals surface area (Å²) >= 11 is 1.52. The number of hydrogen-bond acceptors (Lipinski definition) is 6. The van der Waals surface area contributed by atoms with Crippen molar-refractivity contribution in [3.63, 3.8) is 0 Å². The van der Waals surface area contributed by atoms with E-state index in [1.54, 1.807) is 19.2 Å². The fraction of sp³-hybridized carbons (Fsp3) is 0.120. The molecule has 32 heavy (non-hydrogen) atoms. The zero-order chi connectivity index (χ0) is 22.1. The number of nitrogens with one attached hydrogen (secondary N) is 1. The standard InChI is InChI=1S/C25H20N2O4S/c1-15-11-16(31-27-15)14-32-24-10-6-4-8-18(24)25(28)26-20-13-22-19(12-23(20)29-2)17-7-3-5-9-21(17)30-22/h3-13H,14H2,1-2H3,(H,26,28). The quantitative estimate of drug-likeness (QED) is 0.304. The first-order valence-electron chi connectivity index (χ1n) is 10.1. The molecule has 0 bridgehead atoms. The van der Waals surface area contributed by atoms with E-state index in [1.165, 1.54) is 11.8 Å². The summed E-state index contributed by atoms with van der Waals surface area (Å²) in [5.74, 6) is 1.69. The van der Waals surface area contributed by atoms with Gasteiger partial charge in [-0.3, -0.25) is 4.79 Å². The van der Waals surface area contributed by atoms with E-state index in [4.69, 9.17) is 13.7 Å². The predicted octanol–water partition coefficient (Wildman–Crippen LogP) is 6.44. The number of benzene rings is 3. The van der Waals surface area contributed by atoms with Gasteiger partial charge in [-0.1, -0.05) is 35.5 Å². The Labute approximate surface area is 188 Å². The van der Waals surface area contributed by atoms with Crippen LogP contribution < -0.4 is 10.1 Å². The molecule has 0 saturated heterocycles. The molecule has 0 spiro atoms. The summed E-state index contributed by atoms with van der Waals surface area (Å²) in [5.41, 5.74) is 3.43. The Morgan fingerprint density at radius 2 is 1.84 bits per heavy atom. The number of methoxy groups -OCH3 is 1. The van der Waals surface area contributed by atoms with E-state index >= 15 is 0 Å². The average Bonchev–Trinajstić information content (AvgIpc) is 3.39. The highest BCUT2D eigenvalue weighted by Gasteiger charge is 2.17. The number of carbonyl (C=O) groups is 1. The molecule has 160 valence electrons. The number of ether oxygens (including phenoxy) is 1. The van der Waals surface area contributed by atoms with Crippen LogP contribution in [-0.4, -0.2) is 18.2 Å². The number of anilines is 1. The molecule has 6 nitrogen and oxygen atoms in total. The molecule has 5 rings (SSSR count). The third kappa shape index (κ3) is 3.83. The number of aromatic nitrogens is 1. The maximum Gasteiger partial charge on any atom is 0.256 e. The molecular formula is C25H20N2O4S. The average molecular weight is 445 g/mol. The Balaban J connectivity index is 1.44. The molecule has 5 aromatic rings. The molecular weight excluding hydrogens is 424 g/mol. The van der Waals surface area contributed by atoms with Gasteiger partial charge in [0.15, 0.2) is 0 Å². The largest absolute Gasteiger partial charge is 0.495 e. The van der Waals surface area contributed by atoms with Crippen LogP contribution in [0.1, 0.15) is 21.8 Å². The summed E-state index contributed by atoms with van der Waals surface area (Å²) in [4.78, 5) is 14.0. The summed E-state index contributed by atoms with van der Waals surface area (Å²) in [6, 6.07) is 20.9. The van der Waals surface area contributed by atoms with Crippen molar-refractivity contribution in [2.45, 2.75) is 17.6 Å². The SMILES string of the molecule is COc1cc2c(cc1NC(=O)c1ccccc1SCc1cc(C)no1)oc1ccccc12. The first-order chi connectivity index (χ1) is 15.6. The smallest absolute Gasteiger partial charge is 0.256 e. The second-order valence-corrected chi connectivity index (χ2v) is 8.34. The Morgan fingerprint density at radius 3 is 2.66 bits per heavy atom. The van der Waals surface area contributed by atoms with Crippen LogP contribution in [0, 0.1) is 6.92 Å². The van der Waals surface area contributed by atoms with Crippen molar-refractivity contribution in [2.24, 2.45) is 0 Å². The lowest BCUT2D eigenvalue weighted by molar-refractivity contribution is 0.102. The fourth-order valence-electron chi connectivity index (χ4n) is 3.62. The Morgan fingerprint density at radius 1 is 1.03 bits per heavy atom. The van der Waals surface area contributed by atoms with E-state index in [9.17, 15) is 4.79 Å². The molecule has 0 atom stereocenters. The highest BCUT2D eigenvalue weighted by Crippen LogP contribution is 2.37. The molecule has 7 heteroatoms. The van der Waals surface area contributed by atoms with Crippen LogP contribution in [-0.2, 0) is 5.75 Å². The number of fused-ring (bicyclic) bond motifs is 3. The highest BCUT2D eigenvalue weighted by atomic mass is 32.2. The lowest BCUT2D eigenvalue weighted by Gasteiger charge is -2.12. The van der Waals surface area contributed by atoms with Crippen LogP contribution in [0.5, 0.6) is 5.75 Å². The summed E-state index contributed by atoms with van der Waals surface area (Å²) < 4.78 is 16.8. The molecule has 1 amide bonds. The molecule has 2 aromatic heterocycles. The van der Waals surface area contributed by atoms with Crippen LogP contribution in [0.15, 0.2) is 80.6 Å². The topological polar surface area (TPSA) is 77.5 Å². The minimum absolute atomic E-state index is 0.226. The maximum atomic E-state index is 13.2. The number of nitrogens with zero attached hydrogens (tertiary/aromatic N) is 1. The van der Waals surface area contributed by atoms with E-state index in [-0.39, 0.29) is 5.91 Å². The maximum absolute atomic E-state index is 13.2. The van der Waals surface area contributed by atoms with Crippen LogP contribution >= 0.6 is 11.8 Å². The third-order valence-corrected chi connectivity index (χ3v) is 6.22. The zero-order valence-electron chi connectivity index (χ0n) is 17.5. The molecule has 0 fully saturated rings. The van der Waals surface area contributed by atoms with Gasteiger partial charge in [0.1, 0.15) is 22.7 Å². The van der Waals surface area contributed by atoms with Gasteiger partial charge in [-0.05, 0) is 31.2 Å². The van der Waals surface area contributed by atoms with Crippen molar-refractivity contribution in [3.8, 4) is 5.75 Å². The normalized spacial score (nSPS) is 11.2. The van der Waals surface area contributed by atoms with Crippen molar-refractivity contribution in [1.29, 1.82) is 0 Å². The molecule has 2 heterocycles. The lowest BCUT2D eigenvalue weighted by atomic mass is 10.1. The fourth-order valence-corrected chi connectivity index (χ4v) is 4.55. The van der Waals surface area contributed by atoms with Gasteiger partial charge in [-0.25, -0.2) is 0 Å². The van der Waals surface area contributed by atoms with Gasteiger partial charge in [0.25, 0.3) is 5.91 Å². The van der Waals surface area contributed by atoms with E-state index in [0.29, 0.717) is 28.3 Å². The van der Waals surface area contributed by atoms with Crippen molar-refractivity contribution >= 4 is 45.3 Å². The number of rotatable bonds is 6. The van der Waals surface area contributed by atoms with Crippen molar-refractivity contribution in [1.82, 2.24) is 5.16 Å². The second-order valence-electron chi connectivity index (χ2n) is 7.32. The minimum Gasteiger partial charge on any atom is -0.495 e. The van der Waals surface area contributed by atoms with E-state index in [2.05, 4.69) is 10.5 Å². The second kappa shape index (κ2) is 8.43. The molecule has 3 aromatic carbocycles. The van der Waals surface area contributed by atoms with E-state index in [0.717, 1.165) is 32.7 Å². The number of thioether (sulfide) groups is 1. The Hall–Kier alpha value is -3.71. The number of aryl methyl sites for hydroxylation is 1. The number of amides is 1. The molecule has 0 aliphatic heterocycles. The third-order valence-electron chi connectivity index (χ3n) is 5.13. The molecule has 0 radical (unpaired) electrons. The van der Waals surface area contributed by atoms with Crippen LogP contribution in [0.25, 0.3) is 21.9 Å². The first kappa shape index (κ1) is 20.2. The van der Waals surface area contributed by atoms with Crippen molar-refractivity contribution < 1.29 is 18.5 Å². The van der Waals surface area contributed by atoms with Crippen LogP contribution in [0.2, 0.25) is 0 Å². The monoisotopic (exact) mass is 444 g/mol. The lowest BCUT2D eigenvalue weighted by Crippen LogP contribution is -2.13. The molecule has 0 saturated carbocycles. The zero-order valence-corrected chi connectivity index (χ0v) is 18.4. The number of carbonyl (C=O) groups excluding carboxylic acids is 1. The van der Waals surface area contributed by atoms with Gasteiger partial charge in [-0.2, -0.15) is 0 Å². The highest BCUT2D eigenvalue weighted by molar-refractivity contribution is 7.98. The van der Waals surface area contributed by atoms with Gasteiger partial charge in [-0.15, -0.1) is 11.8 Å². The van der Waals surface area contributed by atoms with Gasteiger partial charge in [0.2, 0.25) is 0 Å². The summed E-state index contributed by atoms with van der Waals surface area (Å²) in [6.45, 7) is 1.88. The molecule has 0 aliphatic carbocycles. The number of furan rings is 1. The predicted molar refractivity (Wildman–Crippen MR) is 125 cm³/mol. The van der Waals surface area contributed by atoms with Crippen molar-refractivity contribution in [2.75, 3.05) is 12.4 Å². The van der Waals surface area contributed by atoms with Crippen LogP contribution in [0.4, 0.5) is 5.69 Å². The Bertz CT molecular complexity index is 1440. The number of para-hydroxylation sites is 1. The van der Waals surface area contributed by atoms with E-state index < -0.39 is 0 Å². The summed E-state index contributed by atoms with van der Waals surface area (Å²) in [5, 5.41) is 8.84. The minimum atomic E-state index is -0.226. The van der Waals surface area contributed by atoms with Gasteiger partial charge < -0.3 is 19.0 Å². The van der Waals surface area contributed by atoms with Gasteiger partial charge in [0.05, 0.1) is 29.8 Å². The Kier molecular flexibility index (Phi) is 5.33. The van der Waals surface area contributed by atoms with Gasteiger partial charge >= 0.3 is 0 Å². The summed E-state index contributed by atoms with van der Waals surface area (Å²) in [6.07, 6.45) is 0. The molecule has 1 N–H and O–H groups in total. The molecule has 0 unspecified atom stereocenters. The first-order valence-corrected chi connectivity index (χ1v) is 11.1. The van der Waals surface area contributed by atoms with Crippen LogP contribution in [0.3, 0.4) is 0 Å². The van der Waals surface area contributed by atoms with Crippen molar-refractivity contribution in [3.05, 3.63) is 83.7 Å².